The van der Waals surface area contributed by atoms with Crippen LogP contribution in [0.3, 0.4) is 0 Å². The first-order chi connectivity index (χ1) is 7.15. The third-order valence-corrected chi connectivity index (χ3v) is 3.23. The van der Waals surface area contributed by atoms with Crippen molar-refractivity contribution in [1.29, 1.82) is 0 Å². The molecule has 1 N–H and O–H groups in total. The minimum absolute atomic E-state index is 0.0000617. The molecule has 0 saturated heterocycles. The van der Waals surface area contributed by atoms with Crippen molar-refractivity contribution >= 4 is 28.8 Å². The summed E-state index contributed by atoms with van der Waals surface area (Å²) in [7, 11) is 0. The van der Waals surface area contributed by atoms with Gasteiger partial charge in [-0.05, 0) is 23.8 Å². The van der Waals surface area contributed by atoms with Crippen molar-refractivity contribution in [3.63, 3.8) is 0 Å². The van der Waals surface area contributed by atoms with Crippen LogP contribution in [0.1, 0.15) is 30.6 Å². The maximum atomic E-state index is 11.7. The van der Waals surface area contributed by atoms with E-state index in [0.717, 1.165) is 12.0 Å². The molecule has 84 valence electrons. The first-order valence-electron chi connectivity index (χ1n) is 5.04. The first-order valence-corrected chi connectivity index (χ1v) is 6.52. The number of hydrogen-bond acceptors (Lipinski definition) is 2. The second-order valence-corrected chi connectivity index (χ2v) is 4.97. The van der Waals surface area contributed by atoms with Gasteiger partial charge in [-0.1, -0.05) is 13.8 Å². The van der Waals surface area contributed by atoms with Crippen molar-refractivity contribution in [2.75, 3.05) is 5.88 Å². The van der Waals surface area contributed by atoms with Crippen LogP contribution in [-0.2, 0) is 0 Å². The van der Waals surface area contributed by atoms with Gasteiger partial charge < -0.3 is 5.32 Å². The van der Waals surface area contributed by atoms with E-state index in [9.17, 15) is 4.79 Å². The molecule has 2 nitrogen and oxygen atoms in total. The van der Waals surface area contributed by atoms with Crippen molar-refractivity contribution in [3.8, 4) is 0 Å². The fourth-order valence-corrected chi connectivity index (χ4v) is 2.21. The van der Waals surface area contributed by atoms with Gasteiger partial charge in [0.2, 0.25) is 0 Å². The number of alkyl halides is 1. The summed E-state index contributed by atoms with van der Waals surface area (Å²) in [4.78, 5) is 11.7. The molecule has 0 saturated carbocycles. The van der Waals surface area contributed by atoms with E-state index < -0.39 is 0 Å². The molecule has 0 fully saturated rings. The number of amides is 1. The largest absolute Gasteiger partial charge is 0.349 e. The van der Waals surface area contributed by atoms with Crippen molar-refractivity contribution in [2.24, 2.45) is 5.92 Å². The van der Waals surface area contributed by atoms with Gasteiger partial charge in [-0.25, -0.2) is 0 Å². The highest BCUT2D eigenvalue weighted by atomic mass is 35.5. The Morgan fingerprint density at radius 3 is 2.80 bits per heavy atom. The average molecular weight is 246 g/mol. The summed E-state index contributed by atoms with van der Waals surface area (Å²) in [5, 5.41) is 6.76. The van der Waals surface area contributed by atoms with E-state index in [1.54, 1.807) is 0 Å². The number of thiophene rings is 1. The molecule has 0 radical (unpaired) electrons. The summed E-state index contributed by atoms with van der Waals surface area (Å²) >= 11 is 7.23. The summed E-state index contributed by atoms with van der Waals surface area (Å²) in [6, 6.07) is 1.99. The Labute approximate surface area is 99.6 Å². The van der Waals surface area contributed by atoms with Crippen molar-refractivity contribution < 1.29 is 4.79 Å². The van der Waals surface area contributed by atoms with Gasteiger partial charge in [0.1, 0.15) is 0 Å². The third-order valence-electron chi connectivity index (χ3n) is 2.32. The van der Waals surface area contributed by atoms with Crippen LogP contribution in [0, 0.1) is 5.92 Å². The molecule has 0 aliphatic carbocycles. The molecule has 0 aliphatic heterocycles. The Morgan fingerprint density at radius 1 is 1.60 bits per heavy atom. The molecule has 1 aromatic heterocycles. The van der Waals surface area contributed by atoms with Crippen LogP contribution >= 0.6 is 22.9 Å². The van der Waals surface area contributed by atoms with Crippen molar-refractivity contribution in [1.82, 2.24) is 5.32 Å². The fourth-order valence-electron chi connectivity index (χ4n) is 1.34. The van der Waals surface area contributed by atoms with Crippen LogP contribution in [0.15, 0.2) is 16.8 Å². The quantitative estimate of drug-likeness (QED) is 0.794. The lowest BCUT2D eigenvalue weighted by Gasteiger charge is -2.21. The van der Waals surface area contributed by atoms with Gasteiger partial charge in [-0.15, -0.1) is 11.6 Å². The van der Waals surface area contributed by atoms with Crippen molar-refractivity contribution in [2.45, 2.75) is 26.3 Å². The van der Waals surface area contributed by atoms with E-state index in [0.29, 0.717) is 11.8 Å². The van der Waals surface area contributed by atoms with E-state index in [-0.39, 0.29) is 11.9 Å². The molecule has 1 unspecified atom stereocenters. The second kappa shape index (κ2) is 6.13. The SMILES string of the molecule is CC(C)C(CCCl)NC(=O)c1ccsc1. The molecule has 15 heavy (non-hydrogen) atoms. The summed E-state index contributed by atoms with van der Waals surface area (Å²) < 4.78 is 0. The van der Waals surface area contributed by atoms with Crippen molar-refractivity contribution in [3.05, 3.63) is 22.4 Å². The highest BCUT2D eigenvalue weighted by Gasteiger charge is 2.16. The normalized spacial score (nSPS) is 12.8. The van der Waals surface area contributed by atoms with Gasteiger partial charge >= 0.3 is 0 Å². The van der Waals surface area contributed by atoms with E-state index in [1.807, 2.05) is 16.8 Å². The lowest BCUT2D eigenvalue weighted by molar-refractivity contribution is 0.0925. The van der Waals surface area contributed by atoms with Crippen LogP contribution in [0.2, 0.25) is 0 Å². The lowest BCUT2D eigenvalue weighted by atomic mass is 10.0. The van der Waals surface area contributed by atoms with Gasteiger partial charge in [-0.3, -0.25) is 4.79 Å². The molecule has 1 amide bonds. The molecular formula is C11H16ClNOS. The molecule has 1 rings (SSSR count). The summed E-state index contributed by atoms with van der Waals surface area (Å²) in [5.74, 6) is 0.985. The van der Waals surface area contributed by atoms with Crippen LogP contribution in [0.5, 0.6) is 0 Å². The molecule has 4 heteroatoms. The first kappa shape index (κ1) is 12.5. The Morgan fingerprint density at radius 2 is 2.33 bits per heavy atom. The maximum Gasteiger partial charge on any atom is 0.252 e. The Hall–Kier alpha value is -0.540. The smallest absolute Gasteiger partial charge is 0.252 e. The number of rotatable bonds is 5. The van der Waals surface area contributed by atoms with Gasteiger partial charge in [0, 0.05) is 22.9 Å². The van der Waals surface area contributed by atoms with E-state index in [4.69, 9.17) is 11.6 Å². The standard InChI is InChI=1S/C11H16ClNOS/c1-8(2)10(3-5-12)13-11(14)9-4-6-15-7-9/h4,6-8,10H,3,5H2,1-2H3,(H,13,14). The van der Waals surface area contributed by atoms with E-state index >= 15 is 0 Å². The van der Waals surface area contributed by atoms with Gasteiger partial charge in [0.15, 0.2) is 0 Å². The predicted molar refractivity (Wildman–Crippen MR) is 65.7 cm³/mol. The van der Waals surface area contributed by atoms with Gasteiger partial charge in [0.05, 0.1) is 0 Å². The number of carbonyl (C=O) groups is 1. The van der Waals surface area contributed by atoms with Crippen LogP contribution in [0.25, 0.3) is 0 Å². The minimum atomic E-state index is 0.0000617. The molecule has 0 bridgehead atoms. The summed E-state index contributed by atoms with van der Waals surface area (Å²) in [6.07, 6.45) is 0.815. The molecule has 0 aliphatic rings. The number of nitrogens with one attached hydrogen (secondary N) is 1. The Balaban J connectivity index is 2.55. The average Bonchev–Trinajstić information content (AvgIpc) is 2.69. The highest BCUT2D eigenvalue weighted by Crippen LogP contribution is 2.10. The molecule has 0 aromatic carbocycles. The molecular weight excluding hydrogens is 230 g/mol. The lowest BCUT2D eigenvalue weighted by Crippen LogP contribution is -2.38. The molecule has 1 aromatic rings. The summed E-state index contributed by atoms with van der Waals surface area (Å²) in [5.41, 5.74) is 0.736. The number of halogens is 1. The molecule has 0 spiro atoms. The van der Waals surface area contributed by atoms with Crippen LogP contribution < -0.4 is 5.32 Å². The zero-order valence-electron chi connectivity index (χ0n) is 9.00. The topological polar surface area (TPSA) is 29.1 Å². The monoisotopic (exact) mass is 245 g/mol. The Bertz CT molecular complexity index is 298. The summed E-state index contributed by atoms with van der Waals surface area (Å²) in [6.45, 7) is 4.18. The van der Waals surface area contributed by atoms with Gasteiger partial charge in [-0.2, -0.15) is 11.3 Å². The van der Waals surface area contributed by atoms with E-state index in [1.165, 1.54) is 11.3 Å². The second-order valence-electron chi connectivity index (χ2n) is 3.81. The number of carbonyl (C=O) groups excluding carboxylic acids is 1. The fraction of sp³-hybridized carbons (Fsp3) is 0.545. The molecule has 1 heterocycles. The van der Waals surface area contributed by atoms with E-state index in [2.05, 4.69) is 19.2 Å². The maximum absolute atomic E-state index is 11.7. The highest BCUT2D eigenvalue weighted by molar-refractivity contribution is 7.08. The minimum Gasteiger partial charge on any atom is -0.349 e. The van der Waals surface area contributed by atoms with Crippen LogP contribution in [-0.4, -0.2) is 17.8 Å². The number of hydrogen-bond donors (Lipinski definition) is 1. The Kier molecular flexibility index (Phi) is 5.12. The molecule has 1 atom stereocenters. The zero-order valence-corrected chi connectivity index (χ0v) is 10.6. The predicted octanol–water partition coefficient (Wildman–Crippen LogP) is 3.13. The van der Waals surface area contributed by atoms with Gasteiger partial charge in [0.25, 0.3) is 5.91 Å². The zero-order chi connectivity index (χ0) is 11.3. The third kappa shape index (κ3) is 3.84. The van der Waals surface area contributed by atoms with Crippen LogP contribution in [0.4, 0.5) is 0 Å².